The lowest BCUT2D eigenvalue weighted by Crippen LogP contribution is -2.30. The predicted molar refractivity (Wildman–Crippen MR) is 105 cm³/mol. The Balaban J connectivity index is 2.20. The molecule has 2 aromatic heterocycles. The fourth-order valence-corrected chi connectivity index (χ4v) is 3.81. The van der Waals surface area contributed by atoms with Gasteiger partial charge in [-0.25, -0.2) is 9.41 Å². The second-order valence-electron chi connectivity index (χ2n) is 7.07. The van der Waals surface area contributed by atoms with Crippen molar-refractivity contribution in [2.24, 2.45) is 7.05 Å². The quantitative estimate of drug-likeness (QED) is 0.321. The average Bonchev–Trinajstić information content (AvgIpc) is 3.00. The minimum absolute atomic E-state index is 0.223. The van der Waals surface area contributed by atoms with Crippen LogP contribution in [0, 0.1) is 13.5 Å². The summed E-state index contributed by atoms with van der Waals surface area (Å²) in [6.45, 7) is 13.9. The molecule has 0 saturated heterocycles. The summed E-state index contributed by atoms with van der Waals surface area (Å²) in [6.07, 6.45) is 2.06. The molecule has 0 fully saturated rings. The van der Waals surface area contributed by atoms with Crippen LogP contribution in [0.3, 0.4) is 0 Å². The molecule has 3 nitrogen and oxygen atoms in total. The first-order valence-corrected chi connectivity index (χ1v) is 8.84. The van der Waals surface area contributed by atoms with Gasteiger partial charge in [0, 0.05) is 28.5 Å². The monoisotopic (exact) mass is 341 g/mol. The van der Waals surface area contributed by atoms with Crippen LogP contribution < -0.4 is 4.57 Å². The van der Waals surface area contributed by atoms with Crippen molar-refractivity contribution in [2.45, 2.75) is 26.7 Å². The molecule has 0 spiro atoms. The maximum absolute atomic E-state index is 7.51. The van der Waals surface area contributed by atoms with E-state index in [-0.39, 0.29) is 5.92 Å². The van der Waals surface area contributed by atoms with Crippen molar-refractivity contribution in [2.75, 3.05) is 0 Å². The van der Waals surface area contributed by atoms with Gasteiger partial charge in [0.1, 0.15) is 18.2 Å². The molecule has 0 aliphatic heterocycles. The summed E-state index contributed by atoms with van der Waals surface area (Å²) in [5.41, 5.74) is 6.93. The van der Waals surface area contributed by atoms with E-state index in [1.165, 1.54) is 11.1 Å². The largest absolute Gasteiger partial charge is 0.457 e. The molecule has 0 aliphatic rings. The molecular formula is C23H21N2O+. The van der Waals surface area contributed by atoms with Crippen LogP contribution in [0.1, 0.15) is 30.9 Å². The number of furan rings is 1. The van der Waals surface area contributed by atoms with Gasteiger partial charge in [-0.2, -0.15) is 0 Å². The van der Waals surface area contributed by atoms with Gasteiger partial charge in [-0.1, -0.05) is 32.0 Å². The van der Waals surface area contributed by atoms with Crippen molar-refractivity contribution >= 4 is 27.6 Å². The third-order valence-electron chi connectivity index (χ3n) is 5.04. The van der Waals surface area contributed by atoms with Gasteiger partial charge in [-0.15, -0.1) is 0 Å². The minimum Gasteiger partial charge on any atom is -0.457 e. The third-order valence-corrected chi connectivity index (χ3v) is 5.04. The van der Waals surface area contributed by atoms with E-state index in [0.29, 0.717) is 5.69 Å². The van der Waals surface area contributed by atoms with Gasteiger partial charge >= 0.3 is 0 Å². The standard InChI is InChI=1S/C23H21N2O/c1-14(2)20-17(24-4)11-10-16-22-19(26-23(16)20)12-9-15(3)21(22)18-8-6-7-13-25(18)5/h6-14H,1-3,5H3/q+1. The molecule has 0 saturated carbocycles. The summed E-state index contributed by atoms with van der Waals surface area (Å²) in [6, 6.07) is 14.3. The van der Waals surface area contributed by atoms with Crippen molar-refractivity contribution in [3.63, 3.8) is 0 Å². The molecule has 0 radical (unpaired) electrons. The minimum atomic E-state index is 0.223. The molecule has 0 unspecified atom stereocenters. The van der Waals surface area contributed by atoms with E-state index in [4.69, 9.17) is 11.0 Å². The number of aryl methyl sites for hydroxylation is 2. The molecular weight excluding hydrogens is 320 g/mol. The summed E-state index contributed by atoms with van der Waals surface area (Å²) in [5, 5.41) is 2.21. The van der Waals surface area contributed by atoms with Crippen molar-refractivity contribution in [1.82, 2.24) is 0 Å². The molecule has 0 amide bonds. The number of benzene rings is 2. The highest BCUT2D eigenvalue weighted by molar-refractivity contribution is 6.14. The van der Waals surface area contributed by atoms with Crippen LogP contribution in [-0.2, 0) is 7.05 Å². The molecule has 0 N–H and O–H groups in total. The van der Waals surface area contributed by atoms with Gasteiger partial charge < -0.3 is 4.42 Å². The number of hydrogen-bond acceptors (Lipinski definition) is 1. The smallest absolute Gasteiger partial charge is 0.213 e. The Morgan fingerprint density at radius 3 is 2.58 bits per heavy atom. The van der Waals surface area contributed by atoms with E-state index in [1.807, 2.05) is 24.3 Å². The topological polar surface area (TPSA) is 21.4 Å². The molecule has 4 aromatic rings. The van der Waals surface area contributed by atoms with Gasteiger partial charge in [0.2, 0.25) is 5.69 Å². The summed E-state index contributed by atoms with van der Waals surface area (Å²) in [4.78, 5) is 3.71. The second-order valence-corrected chi connectivity index (χ2v) is 7.07. The maximum atomic E-state index is 7.51. The van der Waals surface area contributed by atoms with Crippen LogP contribution in [-0.4, -0.2) is 0 Å². The SMILES string of the molecule is [C-]#[N+]c1ccc2c(oc3ccc(C)c(-c4cccc[n+]4C)c32)c1C(C)C. The zero-order valence-corrected chi connectivity index (χ0v) is 15.5. The molecule has 2 heterocycles. The first kappa shape index (κ1) is 16.4. The zero-order valence-electron chi connectivity index (χ0n) is 15.5. The van der Waals surface area contributed by atoms with E-state index < -0.39 is 0 Å². The number of rotatable bonds is 2. The molecule has 4 rings (SSSR count). The van der Waals surface area contributed by atoms with Gasteiger partial charge in [-0.3, -0.25) is 0 Å². The Morgan fingerprint density at radius 1 is 1.08 bits per heavy atom. The molecule has 2 aromatic carbocycles. The van der Waals surface area contributed by atoms with E-state index in [2.05, 4.69) is 61.6 Å². The van der Waals surface area contributed by atoms with Gasteiger partial charge in [0.25, 0.3) is 0 Å². The Morgan fingerprint density at radius 2 is 1.88 bits per heavy atom. The fraction of sp³-hybridized carbons (Fsp3) is 0.217. The molecule has 0 aliphatic carbocycles. The van der Waals surface area contributed by atoms with Crippen molar-refractivity contribution < 1.29 is 8.98 Å². The zero-order chi connectivity index (χ0) is 18.4. The van der Waals surface area contributed by atoms with E-state index in [0.717, 1.165) is 33.2 Å². The van der Waals surface area contributed by atoms with E-state index >= 15 is 0 Å². The lowest BCUT2D eigenvalue weighted by atomic mass is 9.94. The first-order chi connectivity index (χ1) is 12.5. The van der Waals surface area contributed by atoms with Crippen molar-refractivity contribution in [3.05, 3.63) is 71.2 Å². The number of hydrogen-bond donors (Lipinski definition) is 0. The second kappa shape index (κ2) is 6.00. The molecule has 128 valence electrons. The van der Waals surface area contributed by atoms with Crippen molar-refractivity contribution in [1.29, 1.82) is 0 Å². The Bertz CT molecular complexity index is 1190. The van der Waals surface area contributed by atoms with Crippen molar-refractivity contribution in [3.8, 4) is 11.3 Å². The molecule has 0 bridgehead atoms. The van der Waals surface area contributed by atoms with Crippen LogP contribution in [0.4, 0.5) is 5.69 Å². The highest BCUT2D eigenvalue weighted by Crippen LogP contribution is 2.42. The number of aromatic nitrogens is 1. The summed E-state index contributed by atoms with van der Waals surface area (Å²) in [5.74, 6) is 0.223. The van der Waals surface area contributed by atoms with E-state index in [9.17, 15) is 0 Å². The Labute approximate surface area is 153 Å². The van der Waals surface area contributed by atoms with Crippen LogP contribution in [0.25, 0.3) is 38.0 Å². The highest BCUT2D eigenvalue weighted by Gasteiger charge is 2.23. The van der Waals surface area contributed by atoms with E-state index in [1.54, 1.807) is 0 Å². The predicted octanol–water partition coefficient (Wildman–Crippen LogP) is 6.06. The lowest BCUT2D eigenvalue weighted by molar-refractivity contribution is -0.660. The summed E-state index contributed by atoms with van der Waals surface area (Å²) in [7, 11) is 2.06. The average molecular weight is 341 g/mol. The summed E-state index contributed by atoms with van der Waals surface area (Å²) < 4.78 is 8.43. The number of pyridine rings is 1. The Kier molecular flexibility index (Phi) is 3.77. The van der Waals surface area contributed by atoms with Crippen LogP contribution in [0.5, 0.6) is 0 Å². The summed E-state index contributed by atoms with van der Waals surface area (Å²) >= 11 is 0. The molecule has 3 heteroatoms. The number of fused-ring (bicyclic) bond motifs is 3. The Hall–Kier alpha value is -3.12. The van der Waals surface area contributed by atoms with Gasteiger partial charge in [-0.05, 0) is 30.5 Å². The normalized spacial score (nSPS) is 11.4. The highest BCUT2D eigenvalue weighted by atomic mass is 16.3. The number of nitrogens with zero attached hydrogens (tertiary/aromatic N) is 2. The fourth-order valence-electron chi connectivity index (χ4n) is 3.81. The lowest BCUT2D eigenvalue weighted by Gasteiger charge is -2.09. The van der Waals surface area contributed by atoms with Crippen LogP contribution in [0.15, 0.2) is 53.1 Å². The molecule has 26 heavy (non-hydrogen) atoms. The van der Waals surface area contributed by atoms with Gasteiger partial charge in [0.05, 0.1) is 12.1 Å². The third kappa shape index (κ3) is 2.30. The van der Waals surface area contributed by atoms with Crippen LogP contribution >= 0.6 is 0 Å². The maximum Gasteiger partial charge on any atom is 0.213 e. The molecule has 0 atom stereocenters. The van der Waals surface area contributed by atoms with Crippen LogP contribution in [0.2, 0.25) is 0 Å². The first-order valence-electron chi connectivity index (χ1n) is 8.84. The van der Waals surface area contributed by atoms with Gasteiger partial charge in [0.15, 0.2) is 11.9 Å².